The second-order valence-electron chi connectivity index (χ2n) is 7.81. The van der Waals surface area contributed by atoms with Gasteiger partial charge in [0.25, 0.3) is 10.0 Å². The van der Waals surface area contributed by atoms with Crippen LogP contribution in [0, 0.1) is 0 Å². The molecule has 0 aromatic heterocycles. The molecule has 33 heavy (non-hydrogen) atoms. The number of anilines is 2. The Hall–Kier alpha value is -3.03. The number of carbonyl (C=O) groups is 1. The van der Waals surface area contributed by atoms with Gasteiger partial charge >= 0.3 is 0 Å². The molecule has 0 saturated carbocycles. The molecule has 3 aromatic rings. The second kappa shape index (κ2) is 9.45. The van der Waals surface area contributed by atoms with Crippen molar-refractivity contribution in [2.75, 3.05) is 22.4 Å². The molecule has 0 N–H and O–H groups in total. The van der Waals surface area contributed by atoms with Crippen LogP contribution in [-0.2, 0) is 21.2 Å². The smallest absolute Gasteiger partial charge is 0.264 e. The van der Waals surface area contributed by atoms with Crippen LogP contribution in [-0.4, -0.2) is 33.5 Å². The zero-order valence-corrected chi connectivity index (χ0v) is 20.0. The van der Waals surface area contributed by atoms with Gasteiger partial charge in [-0.15, -0.1) is 0 Å². The van der Waals surface area contributed by atoms with Gasteiger partial charge in [0.1, 0.15) is 12.3 Å². The monoisotopic (exact) mass is 484 g/mol. The van der Waals surface area contributed by atoms with Crippen molar-refractivity contribution in [3.8, 4) is 5.75 Å². The minimum Gasteiger partial charge on any atom is -0.492 e. The summed E-state index contributed by atoms with van der Waals surface area (Å²) in [6.45, 7) is 3.77. The molecule has 0 aliphatic carbocycles. The lowest BCUT2D eigenvalue weighted by molar-refractivity contribution is -0.117. The summed E-state index contributed by atoms with van der Waals surface area (Å²) in [6, 6.07) is 20.4. The molecule has 1 aliphatic rings. The normalized spacial score (nSPS) is 15.2. The lowest BCUT2D eigenvalue weighted by Crippen LogP contribution is -2.45. The fourth-order valence-electron chi connectivity index (χ4n) is 4.12. The van der Waals surface area contributed by atoms with E-state index in [1.807, 2.05) is 38.1 Å². The Bertz CT molecular complexity index is 1260. The first-order chi connectivity index (χ1) is 15.8. The van der Waals surface area contributed by atoms with Crippen molar-refractivity contribution in [2.45, 2.75) is 31.2 Å². The van der Waals surface area contributed by atoms with E-state index in [0.29, 0.717) is 23.1 Å². The van der Waals surface area contributed by atoms with Crippen molar-refractivity contribution in [1.82, 2.24) is 0 Å². The first kappa shape index (κ1) is 23.1. The molecule has 0 fully saturated rings. The summed E-state index contributed by atoms with van der Waals surface area (Å²) in [5.41, 5.74) is 2.19. The number of nitrogens with zero attached hydrogens (tertiary/aromatic N) is 2. The molecule has 8 heteroatoms. The number of benzene rings is 3. The van der Waals surface area contributed by atoms with Gasteiger partial charge in [-0.1, -0.05) is 41.9 Å². The Morgan fingerprint density at radius 2 is 1.73 bits per heavy atom. The summed E-state index contributed by atoms with van der Waals surface area (Å²) in [7, 11) is -4.08. The van der Waals surface area contributed by atoms with Crippen LogP contribution in [0.2, 0.25) is 5.02 Å². The summed E-state index contributed by atoms with van der Waals surface area (Å²) in [4.78, 5) is 15.3. The zero-order valence-electron chi connectivity index (χ0n) is 18.4. The van der Waals surface area contributed by atoms with Gasteiger partial charge in [-0.05, 0) is 68.3 Å². The molecule has 1 aliphatic heterocycles. The number of hydrogen-bond acceptors (Lipinski definition) is 4. The summed E-state index contributed by atoms with van der Waals surface area (Å²) >= 11 is 5.97. The fraction of sp³-hybridized carbons (Fsp3) is 0.240. The van der Waals surface area contributed by atoms with E-state index in [1.165, 1.54) is 24.3 Å². The average molecular weight is 485 g/mol. The van der Waals surface area contributed by atoms with Gasteiger partial charge in [-0.25, -0.2) is 8.42 Å². The van der Waals surface area contributed by atoms with Crippen molar-refractivity contribution in [1.29, 1.82) is 0 Å². The third-order valence-corrected chi connectivity index (χ3v) is 7.62. The minimum absolute atomic E-state index is 0.0425. The van der Waals surface area contributed by atoms with Gasteiger partial charge in [0.15, 0.2) is 0 Å². The van der Waals surface area contributed by atoms with Crippen LogP contribution in [0.15, 0.2) is 77.7 Å². The Morgan fingerprint density at radius 1 is 1.06 bits per heavy atom. The molecular weight excluding hydrogens is 460 g/mol. The molecule has 1 amide bonds. The number of sulfonamides is 1. The van der Waals surface area contributed by atoms with E-state index in [4.69, 9.17) is 16.3 Å². The van der Waals surface area contributed by atoms with Gasteiger partial charge in [0, 0.05) is 16.8 Å². The number of rotatable bonds is 7. The van der Waals surface area contributed by atoms with E-state index < -0.39 is 10.0 Å². The minimum atomic E-state index is -4.08. The highest BCUT2D eigenvalue weighted by atomic mass is 35.5. The van der Waals surface area contributed by atoms with E-state index >= 15 is 0 Å². The molecule has 6 nitrogen and oxygen atoms in total. The number of halogens is 1. The average Bonchev–Trinajstić information content (AvgIpc) is 3.14. The standard InChI is InChI=1S/C25H25ClN2O4S/c1-3-32-24-11-7-6-10-23(24)27(33(30,31)21-14-12-20(26)13-15-21)17-25(29)28-18(2)16-19-8-4-5-9-22(19)28/h4-15,18H,3,16-17H2,1-2H3. The number of ether oxygens (including phenoxy) is 1. The highest BCUT2D eigenvalue weighted by molar-refractivity contribution is 7.92. The van der Waals surface area contributed by atoms with E-state index in [2.05, 4.69) is 0 Å². The molecule has 3 aromatic carbocycles. The van der Waals surface area contributed by atoms with Crippen LogP contribution >= 0.6 is 11.6 Å². The first-order valence-corrected chi connectivity index (χ1v) is 12.5. The van der Waals surface area contributed by atoms with Crippen molar-refractivity contribution in [2.24, 2.45) is 0 Å². The van der Waals surface area contributed by atoms with Crippen LogP contribution in [0.3, 0.4) is 0 Å². The van der Waals surface area contributed by atoms with E-state index in [0.717, 1.165) is 22.0 Å². The second-order valence-corrected chi connectivity index (χ2v) is 10.1. The quantitative estimate of drug-likeness (QED) is 0.477. The Morgan fingerprint density at radius 3 is 2.45 bits per heavy atom. The number of carbonyl (C=O) groups excluding carboxylic acids is 1. The fourth-order valence-corrected chi connectivity index (χ4v) is 5.67. The molecule has 4 rings (SSSR count). The lowest BCUT2D eigenvalue weighted by Gasteiger charge is -2.29. The van der Waals surface area contributed by atoms with Crippen molar-refractivity contribution in [3.05, 3.63) is 83.4 Å². The molecule has 1 heterocycles. The third kappa shape index (κ3) is 4.56. The van der Waals surface area contributed by atoms with E-state index in [1.54, 1.807) is 29.2 Å². The maximum atomic E-state index is 13.7. The van der Waals surface area contributed by atoms with Crippen LogP contribution in [0.1, 0.15) is 19.4 Å². The highest BCUT2D eigenvalue weighted by Crippen LogP contribution is 2.35. The van der Waals surface area contributed by atoms with E-state index in [9.17, 15) is 13.2 Å². The molecule has 0 radical (unpaired) electrons. The number of para-hydroxylation sites is 3. The molecule has 1 unspecified atom stereocenters. The zero-order chi connectivity index (χ0) is 23.6. The summed E-state index contributed by atoms with van der Waals surface area (Å²) < 4.78 is 34.3. The Labute approximate surface area is 199 Å². The van der Waals surface area contributed by atoms with Crippen molar-refractivity contribution in [3.63, 3.8) is 0 Å². The predicted octanol–water partition coefficient (Wildman–Crippen LogP) is 4.91. The summed E-state index contributed by atoms with van der Waals surface area (Å²) in [5.74, 6) is 0.0801. The molecule has 0 bridgehead atoms. The third-order valence-electron chi connectivity index (χ3n) is 5.59. The topological polar surface area (TPSA) is 66.9 Å². The SMILES string of the molecule is CCOc1ccccc1N(CC(=O)N1c2ccccc2CC1C)S(=O)(=O)c1ccc(Cl)cc1. The largest absolute Gasteiger partial charge is 0.492 e. The van der Waals surface area contributed by atoms with Gasteiger partial charge in [0.05, 0.1) is 17.2 Å². The summed E-state index contributed by atoms with van der Waals surface area (Å²) in [5, 5.41) is 0.425. The van der Waals surface area contributed by atoms with Gasteiger partial charge in [0.2, 0.25) is 5.91 Å². The van der Waals surface area contributed by atoms with Gasteiger partial charge in [-0.3, -0.25) is 9.10 Å². The molecular formula is C25H25ClN2O4S. The Balaban J connectivity index is 1.77. The van der Waals surface area contributed by atoms with Gasteiger partial charge in [-0.2, -0.15) is 0 Å². The van der Waals surface area contributed by atoms with Gasteiger partial charge < -0.3 is 9.64 Å². The summed E-state index contributed by atoms with van der Waals surface area (Å²) in [6.07, 6.45) is 0.724. The molecule has 0 saturated heterocycles. The Kier molecular flexibility index (Phi) is 6.63. The molecule has 172 valence electrons. The van der Waals surface area contributed by atoms with E-state index in [-0.39, 0.29) is 23.4 Å². The maximum Gasteiger partial charge on any atom is 0.264 e. The van der Waals surface area contributed by atoms with Crippen molar-refractivity contribution < 1.29 is 17.9 Å². The lowest BCUT2D eigenvalue weighted by atomic mass is 10.1. The number of fused-ring (bicyclic) bond motifs is 1. The predicted molar refractivity (Wildman–Crippen MR) is 131 cm³/mol. The maximum absolute atomic E-state index is 13.7. The van der Waals surface area contributed by atoms with Crippen LogP contribution in [0.4, 0.5) is 11.4 Å². The van der Waals surface area contributed by atoms with Crippen LogP contribution in [0.25, 0.3) is 0 Å². The first-order valence-electron chi connectivity index (χ1n) is 10.7. The van der Waals surface area contributed by atoms with Crippen LogP contribution < -0.4 is 13.9 Å². The molecule has 1 atom stereocenters. The number of amides is 1. The molecule has 0 spiro atoms. The van der Waals surface area contributed by atoms with Crippen molar-refractivity contribution >= 4 is 38.9 Å². The van der Waals surface area contributed by atoms with Crippen LogP contribution in [0.5, 0.6) is 5.75 Å². The number of hydrogen-bond donors (Lipinski definition) is 0. The highest BCUT2D eigenvalue weighted by Gasteiger charge is 2.35.